The fraction of sp³-hybridized carbons (Fsp3) is 0.400. The van der Waals surface area contributed by atoms with Gasteiger partial charge in [0, 0.05) is 37.6 Å². The van der Waals surface area contributed by atoms with Crippen LogP contribution in [0.4, 0.5) is 11.6 Å². The van der Waals surface area contributed by atoms with E-state index in [0.717, 1.165) is 11.4 Å². The predicted molar refractivity (Wildman–Crippen MR) is 94.7 cm³/mol. The number of likely N-dealkylation sites (N-methyl/N-ethyl adjacent to an activating group) is 1. The average molecular weight is 368 g/mol. The van der Waals surface area contributed by atoms with E-state index >= 15 is 0 Å². The van der Waals surface area contributed by atoms with Crippen molar-refractivity contribution in [2.45, 2.75) is 6.10 Å². The number of aromatic nitrogens is 2. The minimum absolute atomic E-state index is 0.0689. The predicted octanol–water partition coefficient (Wildman–Crippen LogP) is 1.62. The van der Waals surface area contributed by atoms with E-state index in [9.17, 15) is 9.90 Å². The first kappa shape index (κ1) is 16.9. The molecular formula is C15H18ClN5O2S. The standard InChI is InChI=1S/C15H18ClN5O2S/c1-20-4-5-21(8-15(20)23)14-6-13(18-9-19-14)17-7-10(22)11-2-3-12(16)24-11/h2-3,6,9-10,22H,4-5,7-8H2,1H3,(H,17,18,19). The van der Waals surface area contributed by atoms with Gasteiger partial charge < -0.3 is 20.2 Å². The summed E-state index contributed by atoms with van der Waals surface area (Å²) in [6.07, 6.45) is 0.792. The topological polar surface area (TPSA) is 81.6 Å². The number of amides is 1. The number of carbonyl (C=O) groups is 1. The van der Waals surface area contributed by atoms with Crippen LogP contribution in [0.1, 0.15) is 11.0 Å². The molecule has 0 aromatic carbocycles. The fourth-order valence-corrected chi connectivity index (χ4v) is 3.43. The van der Waals surface area contributed by atoms with Crippen molar-refractivity contribution in [3.05, 3.63) is 33.7 Å². The minimum atomic E-state index is -0.661. The molecule has 7 nitrogen and oxygen atoms in total. The highest BCUT2D eigenvalue weighted by atomic mass is 35.5. The SMILES string of the molecule is CN1CCN(c2cc(NCC(O)c3ccc(Cl)s3)ncn2)CC1=O. The number of thiophene rings is 1. The summed E-state index contributed by atoms with van der Waals surface area (Å²) < 4.78 is 0.646. The highest BCUT2D eigenvalue weighted by Crippen LogP contribution is 2.27. The molecule has 1 unspecified atom stereocenters. The molecule has 0 bridgehead atoms. The van der Waals surface area contributed by atoms with Gasteiger partial charge in [0.25, 0.3) is 0 Å². The van der Waals surface area contributed by atoms with Crippen molar-refractivity contribution >= 4 is 40.5 Å². The van der Waals surface area contributed by atoms with Crippen molar-refractivity contribution in [1.82, 2.24) is 14.9 Å². The van der Waals surface area contributed by atoms with Crippen LogP contribution in [0, 0.1) is 0 Å². The first-order chi connectivity index (χ1) is 11.5. The maximum absolute atomic E-state index is 11.8. The van der Waals surface area contributed by atoms with Gasteiger partial charge in [0.2, 0.25) is 5.91 Å². The van der Waals surface area contributed by atoms with E-state index in [4.69, 9.17) is 11.6 Å². The first-order valence-corrected chi connectivity index (χ1v) is 8.70. The van der Waals surface area contributed by atoms with Gasteiger partial charge in [0.05, 0.1) is 10.9 Å². The highest BCUT2D eigenvalue weighted by Gasteiger charge is 2.22. The van der Waals surface area contributed by atoms with Crippen molar-refractivity contribution < 1.29 is 9.90 Å². The van der Waals surface area contributed by atoms with E-state index < -0.39 is 6.10 Å². The maximum atomic E-state index is 11.8. The number of nitrogens with zero attached hydrogens (tertiary/aromatic N) is 4. The molecule has 2 aromatic heterocycles. The normalized spacial score (nSPS) is 16.4. The Kier molecular flexibility index (Phi) is 5.17. The molecule has 0 radical (unpaired) electrons. The van der Waals surface area contributed by atoms with Gasteiger partial charge in [-0.2, -0.15) is 0 Å². The number of halogens is 1. The lowest BCUT2D eigenvalue weighted by Crippen LogP contribution is -2.48. The van der Waals surface area contributed by atoms with Crippen molar-refractivity contribution in [3.63, 3.8) is 0 Å². The van der Waals surface area contributed by atoms with Crippen LogP contribution < -0.4 is 10.2 Å². The van der Waals surface area contributed by atoms with Crippen LogP contribution in [0.3, 0.4) is 0 Å². The molecule has 3 rings (SSSR count). The van der Waals surface area contributed by atoms with Gasteiger partial charge in [0.15, 0.2) is 0 Å². The lowest BCUT2D eigenvalue weighted by Gasteiger charge is -2.32. The Bertz CT molecular complexity index is 725. The Morgan fingerprint density at radius 3 is 2.96 bits per heavy atom. The number of anilines is 2. The minimum Gasteiger partial charge on any atom is -0.386 e. The molecule has 1 amide bonds. The molecule has 0 saturated carbocycles. The van der Waals surface area contributed by atoms with Gasteiger partial charge in [-0.3, -0.25) is 4.79 Å². The molecule has 3 heterocycles. The number of hydrogen-bond donors (Lipinski definition) is 2. The fourth-order valence-electron chi connectivity index (χ4n) is 2.38. The molecule has 1 aliphatic heterocycles. The zero-order valence-corrected chi connectivity index (χ0v) is 14.7. The molecule has 0 spiro atoms. The molecule has 1 fully saturated rings. The van der Waals surface area contributed by atoms with Crippen molar-refractivity contribution in [2.24, 2.45) is 0 Å². The molecule has 1 atom stereocenters. The first-order valence-electron chi connectivity index (χ1n) is 7.51. The van der Waals surface area contributed by atoms with Crippen LogP contribution in [-0.4, -0.2) is 59.1 Å². The van der Waals surface area contributed by atoms with Crippen LogP contribution in [0.15, 0.2) is 24.5 Å². The lowest BCUT2D eigenvalue weighted by molar-refractivity contribution is -0.129. The molecule has 1 saturated heterocycles. The summed E-state index contributed by atoms with van der Waals surface area (Å²) in [5.74, 6) is 1.37. The van der Waals surface area contributed by atoms with Crippen molar-refractivity contribution in [2.75, 3.05) is 43.4 Å². The van der Waals surface area contributed by atoms with Crippen LogP contribution >= 0.6 is 22.9 Å². The summed E-state index contributed by atoms with van der Waals surface area (Å²) in [6, 6.07) is 5.35. The third kappa shape index (κ3) is 3.95. The van der Waals surface area contributed by atoms with E-state index in [1.165, 1.54) is 17.7 Å². The van der Waals surface area contributed by atoms with Crippen LogP contribution in [-0.2, 0) is 4.79 Å². The van der Waals surface area contributed by atoms with Gasteiger partial charge in [0.1, 0.15) is 24.1 Å². The van der Waals surface area contributed by atoms with E-state index in [1.807, 2.05) is 4.90 Å². The van der Waals surface area contributed by atoms with E-state index in [-0.39, 0.29) is 5.91 Å². The number of aliphatic hydroxyl groups is 1. The Balaban J connectivity index is 1.62. The summed E-state index contributed by atoms with van der Waals surface area (Å²) in [5.41, 5.74) is 0. The van der Waals surface area contributed by atoms with Crippen molar-refractivity contribution in [1.29, 1.82) is 0 Å². The van der Waals surface area contributed by atoms with Gasteiger partial charge in [-0.15, -0.1) is 11.3 Å². The number of nitrogens with one attached hydrogen (secondary N) is 1. The molecular weight excluding hydrogens is 350 g/mol. The average Bonchev–Trinajstić information content (AvgIpc) is 3.02. The third-order valence-corrected chi connectivity index (χ3v) is 5.17. The summed E-state index contributed by atoms with van der Waals surface area (Å²) in [6.45, 7) is 2.02. The molecule has 1 aliphatic rings. The molecule has 2 N–H and O–H groups in total. The monoisotopic (exact) mass is 367 g/mol. The Morgan fingerprint density at radius 1 is 1.42 bits per heavy atom. The Morgan fingerprint density at radius 2 is 2.25 bits per heavy atom. The number of carbonyl (C=O) groups excluding carboxylic acids is 1. The van der Waals surface area contributed by atoms with Crippen LogP contribution in [0.2, 0.25) is 4.34 Å². The second-order valence-electron chi connectivity index (χ2n) is 5.54. The maximum Gasteiger partial charge on any atom is 0.241 e. The Hall–Kier alpha value is -1.90. The molecule has 0 aliphatic carbocycles. The number of piperazine rings is 1. The lowest BCUT2D eigenvalue weighted by atomic mass is 10.3. The summed E-state index contributed by atoms with van der Waals surface area (Å²) in [5, 5.41) is 13.3. The third-order valence-electron chi connectivity index (χ3n) is 3.83. The van der Waals surface area contributed by atoms with Gasteiger partial charge in [-0.1, -0.05) is 11.6 Å². The summed E-state index contributed by atoms with van der Waals surface area (Å²) >= 11 is 7.23. The van der Waals surface area contributed by atoms with Crippen LogP contribution in [0.25, 0.3) is 0 Å². The zero-order valence-electron chi connectivity index (χ0n) is 13.1. The van der Waals surface area contributed by atoms with E-state index in [0.29, 0.717) is 35.6 Å². The molecule has 24 heavy (non-hydrogen) atoms. The molecule has 9 heteroatoms. The van der Waals surface area contributed by atoms with Gasteiger partial charge in [-0.05, 0) is 12.1 Å². The van der Waals surface area contributed by atoms with Crippen molar-refractivity contribution in [3.8, 4) is 0 Å². The van der Waals surface area contributed by atoms with Crippen LogP contribution in [0.5, 0.6) is 0 Å². The quantitative estimate of drug-likeness (QED) is 0.835. The summed E-state index contributed by atoms with van der Waals surface area (Å²) in [7, 11) is 1.80. The second kappa shape index (κ2) is 7.33. The van der Waals surface area contributed by atoms with E-state index in [2.05, 4.69) is 15.3 Å². The smallest absolute Gasteiger partial charge is 0.241 e. The second-order valence-corrected chi connectivity index (χ2v) is 7.28. The highest BCUT2D eigenvalue weighted by molar-refractivity contribution is 7.16. The largest absolute Gasteiger partial charge is 0.386 e. The summed E-state index contributed by atoms with van der Waals surface area (Å²) in [4.78, 5) is 24.6. The number of rotatable bonds is 5. The number of hydrogen-bond acceptors (Lipinski definition) is 7. The van der Waals surface area contributed by atoms with E-state index in [1.54, 1.807) is 30.1 Å². The molecule has 2 aromatic rings. The van der Waals surface area contributed by atoms with Gasteiger partial charge >= 0.3 is 0 Å². The number of aliphatic hydroxyl groups excluding tert-OH is 1. The zero-order chi connectivity index (χ0) is 17.1. The van der Waals surface area contributed by atoms with Gasteiger partial charge in [-0.25, -0.2) is 9.97 Å². The molecule has 128 valence electrons. The Labute approximate surface area is 148 Å².